The van der Waals surface area contributed by atoms with Gasteiger partial charge in [-0.05, 0) is 31.0 Å². The summed E-state index contributed by atoms with van der Waals surface area (Å²) in [6.07, 6.45) is 0.391. The fraction of sp³-hybridized carbons (Fsp3) is 0.385. The van der Waals surface area contributed by atoms with Gasteiger partial charge in [0.15, 0.2) is 11.5 Å². The number of hydrogen-bond donors (Lipinski definition) is 0. The number of ether oxygens (including phenoxy) is 2. The van der Waals surface area contributed by atoms with Gasteiger partial charge in [-0.25, -0.2) is 0 Å². The molecule has 1 aliphatic heterocycles. The molecule has 0 aliphatic carbocycles. The molecule has 0 radical (unpaired) electrons. The summed E-state index contributed by atoms with van der Waals surface area (Å²) in [4.78, 5) is 22.0. The molecule has 0 amide bonds. The number of carbonyl (C=O) groups excluding carboxylic acids is 2. The zero-order valence-corrected chi connectivity index (χ0v) is 18.9. The fourth-order valence-electron chi connectivity index (χ4n) is 2.09. The van der Waals surface area contributed by atoms with Gasteiger partial charge in [-0.3, -0.25) is 4.18 Å². The van der Waals surface area contributed by atoms with Gasteiger partial charge in [0.25, 0.3) is 10.1 Å². The molecular weight excluding hydrogens is 378 g/mol. The van der Waals surface area contributed by atoms with Crippen LogP contribution >= 0.6 is 0 Å². The third kappa shape index (κ3) is 5.83. The molecule has 0 saturated heterocycles. The molecule has 1 aromatic rings. The van der Waals surface area contributed by atoms with Crippen molar-refractivity contribution < 1.29 is 101 Å². The second-order valence-corrected chi connectivity index (χ2v) is 6.59. The normalized spacial score (nSPS) is 15.4. The average Bonchev–Trinajstić information content (AvgIpc) is 2.76. The van der Waals surface area contributed by atoms with Crippen molar-refractivity contribution in [3.63, 3.8) is 0 Å². The van der Waals surface area contributed by atoms with E-state index in [1.165, 1.54) is 25.1 Å². The Morgan fingerprint density at radius 1 is 1.16 bits per heavy atom. The van der Waals surface area contributed by atoms with Gasteiger partial charge in [-0.2, -0.15) is 8.42 Å². The first-order valence-corrected chi connectivity index (χ1v) is 8.17. The van der Waals surface area contributed by atoms with Crippen LogP contribution in [-0.4, -0.2) is 38.5 Å². The van der Waals surface area contributed by atoms with Gasteiger partial charge >= 0.3 is 64.9 Å². The number of rotatable bonds is 6. The molecule has 0 spiro atoms. The summed E-state index contributed by atoms with van der Waals surface area (Å²) in [6, 6.07) is 4.11. The van der Waals surface area contributed by atoms with E-state index in [0.29, 0.717) is 5.56 Å². The van der Waals surface area contributed by atoms with Crippen LogP contribution in [0.15, 0.2) is 18.2 Å². The Labute approximate surface area is 188 Å². The van der Waals surface area contributed by atoms with E-state index in [1.807, 2.05) is 0 Å². The quantitative estimate of drug-likeness (QED) is 0.263. The summed E-state index contributed by atoms with van der Waals surface area (Å²) in [5, 5.41) is 22.0. The molecule has 2 rings (SSSR count). The molecule has 0 bridgehead atoms. The molecule has 0 aromatic heterocycles. The van der Waals surface area contributed by atoms with Gasteiger partial charge in [0, 0.05) is 0 Å². The van der Waals surface area contributed by atoms with Crippen LogP contribution in [-0.2, 0) is 30.3 Å². The molecule has 0 unspecified atom stereocenters. The van der Waals surface area contributed by atoms with Gasteiger partial charge in [0.1, 0.15) is 11.9 Å². The zero-order valence-electron chi connectivity index (χ0n) is 14.1. The minimum Gasteiger partial charge on any atom is -0.542 e. The molecule has 12 heteroatoms. The average molecular weight is 390 g/mol. The Kier molecular flexibility index (Phi) is 8.93. The topological polar surface area (TPSA) is 142 Å². The van der Waals surface area contributed by atoms with Crippen molar-refractivity contribution in [1.29, 1.82) is 0 Å². The maximum Gasteiger partial charge on any atom is 1.00 e. The smallest absolute Gasteiger partial charge is 0.542 e. The van der Waals surface area contributed by atoms with Gasteiger partial charge in [-0.1, -0.05) is 6.07 Å². The van der Waals surface area contributed by atoms with Crippen molar-refractivity contribution in [3.8, 4) is 11.5 Å². The third-order valence-electron chi connectivity index (χ3n) is 2.92. The van der Waals surface area contributed by atoms with Crippen LogP contribution in [0, 0.1) is 0 Å². The predicted octanol–water partition coefficient (Wildman–Crippen LogP) is -8.43. The third-order valence-corrected chi connectivity index (χ3v) is 3.59. The van der Waals surface area contributed by atoms with Gasteiger partial charge < -0.3 is 29.3 Å². The van der Waals surface area contributed by atoms with E-state index in [1.54, 1.807) is 0 Å². The van der Waals surface area contributed by atoms with E-state index in [9.17, 15) is 28.2 Å². The molecule has 1 aliphatic rings. The second kappa shape index (κ2) is 9.05. The van der Waals surface area contributed by atoms with Crippen LogP contribution < -0.4 is 78.8 Å². The van der Waals surface area contributed by atoms with Crippen LogP contribution in [0.5, 0.6) is 11.5 Å². The summed E-state index contributed by atoms with van der Waals surface area (Å²) >= 11 is 0. The number of carboxylic acid groups (broad SMARTS) is 2. The second-order valence-electron chi connectivity index (χ2n) is 4.99. The van der Waals surface area contributed by atoms with Crippen LogP contribution in [0.1, 0.15) is 12.5 Å². The van der Waals surface area contributed by atoms with E-state index in [2.05, 4.69) is 0 Å². The fourth-order valence-corrected chi connectivity index (χ4v) is 2.75. The Morgan fingerprint density at radius 3 is 2.16 bits per heavy atom. The SMILES string of the molecule is C[C@@H](Cc1ccc2c(c1)OC(C(=O)[O-])(C(=O)[O-])O2)OS(C)(=O)=O.[Na+].[Na+]. The molecule has 0 N–H and O–H groups in total. The molecule has 1 heterocycles. The summed E-state index contributed by atoms with van der Waals surface area (Å²) in [6.45, 7) is 1.53. The molecular formula is C13H12Na2O9S. The first-order chi connectivity index (χ1) is 10.5. The number of carboxylic acids is 2. The maximum absolute atomic E-state index is 11.0. The number of benzene rings is 1. The molecule has 25 heavy (non-hydrogen) atoms. The van der Waals surface area contributed by atoms with Crippen LogP contribution in [0.4, 0.5) is 0 Å². The van der Waals surface area contributed by atoms with Gasteiger partial charge in [0.05, 0.1) is 12.4 Å². The first kappa shape index (κ1) is 24.7. The Morgan fingerprint density at radius 2 is 1.68 bits per heavy atom. The monoisotopic (exact) mass is 390 g/mol. The van der Waals surface area contributed by atoms with E-state index >= 15 is 0 Å². The van der Waals surface area contributed by atoms with Crippen LogP contribution in [0.25, 0.3) is 0 Å². The molecule has 1 aromatic carbocycles. The summed E-state index contributed by atoms with van der Waals surface area (Å²) in [5.41, 5.74) is 0.524. The summed E-state index contributed by atoms with van der Waals surface area (Å²) in [7, 11) is -3.62. The first-order valence-electron chi connectivity index (χ1n) is 6.35. The standard InChI is InChI=1S/C13H14O9S.2Na/c1-7(22-23(2,18)19)5-8-3-4-9-10(6-8)21-13(20-9,11(14)15)12(16)17;;/h3-4,6-7H,5H2,1-2H3,(H,14,15)(H,16,17);;/q;2*+1/p-2/t7-;;/m0../s1. The van der Waals surface area contributed by atoms with Crippen molar-refractivity contribution in [2.24, 2.45) is 0 Å². The Balaban J connectivity index is 0.00000288. The Bertz CT molecular complexity index is 749. The van der Waals surface area contributed by atoms with E-state index in [-0.39, 0.29) is 77.0 Å². The minimum absolute atomic E-state index is 0. The number of hydrogen-bond acceptors (Lipinski definition) is 9. The molecule has 9 nitrogen and oxygen atoms in total. The molecule has 1 atom stereocenters. The minimum atomic E-state index is -3.62. The van der Waals surface area contributed by atoms with Gasteiger partial charge in [-0.15, -0.1) is 0 Å². The maximum atomic E-state index is 11.0. The molecule has 126 valence electrons. The number of aliphatic carboxylic acids is 2. The predicted molar refractivity (Wildman–Crippen MR) is 69.5 cm³/mol. The van der Waals surface area contributed by atoms with E-state index in [0.717, 1.165) is 6.26 Å². The van der Waals surface area contributed by atoms with E-state index < -0.39 is 33.9 Å². The van der Waals surface area contributed by atoms with Gasteiger partial charge in [0.2, 0.25) is 0 Å². The van der Waals surface area contributed by atoms with Crippen LogP contribution in [0.3, 0.4) is 0 Å². The van der Waals surface area contributed by atoms with Crippen molar-refractivity contribution in [3.05, 3.63) is 23.8 Å². The summed E-state index contributed by atoms with van der Waals surface area (Å²) < 4.78 is 36.5. The number of carbonyl (C=O) groups is 2. The summed E-state index contributed by atoms with van der Waals surface area (Å²) in [5.74, 6) is -7.51. The molecule has 0 fully saturated rings. The number of fused-ring (bicyclic) bond motifs is 1. The largest absolute Gasteiger partial charge is 1.00 e. The Hall–Kier alpha value is -0.330. The van der Waals surface area contributed by atoms with Crippen LogP contribution in [0.2, 0.25) is 0 Å². The van der Waals surface area contributed by atoms with Crippen molar-refractivity contribution in [1.82, 2.24) is 0 Å². The van der Waals surface area contributed by atoms with E-state index in [4.69, 9.17) is 13.7 Å². The van der Waals surface area contributed by atoms with Crippen molar-refractivity contribution >= 4 is 22.1 Å². The zero-order chi connectivity index (χ0) is 17.4. The van der Waals surface area contributed by atoms with Crippen molar-refractivity contribution in [2.75, 3.05) is 6.26 Å². The van der Waals surface area contributed by atoms with Crippen molar-refractivity contribution in [2.45, 2.75) is 25.2 Å². The molecule has 0 saturated carbocycles.